The van der Waals surface area contributed by atoms with E-state index in [1.54, 1.807) is 45.3 Å². The van der Waals surface area contributed by atoms with Gasteiger partial charge in [0.25, 0.3) is 0 Å². The molecular formula is C48H46OS4. The van der Waals surface area contributed by atoms with Gasteiger partial charge in [-0.1, -0.05) is 125 Å². The highest BCUT2D eigenvalue weighted by molar-refractivity contribution is 7.20. The fourth-order valence-electron chi connectivity index (χ4n) is 7.37. The summed E-state index contributed by atoms with van der Waals surface area (Å²) in [6.07, 6.45) is 21.9. The lowest BCUT2D eigenvalue weighted by atomic mass is 10.0. The maximum Gasteiger partial charge on any atom is 0.154 e. The van der Waals surface area contributed by atoms with E-state index in [1.165, 1.54) is 138 Å². The second-order valence-electron chi connectivity index (χ2n) is 14.0. The Kier molecular flexibility index (Phi) is 11.5. The minimum atomic E-state index is 0.969. The molecule has 0 radical (unpaired) electrons. The highest BCUT2D eigenvalue weighted by atomic mass is 32.1. The van der Waals surface area contributed by atoms with Gasteiger partial charge in [0.05, 0.1) is 9.40 Å². The van der Waals surface area contributed by atoms with Gasteiger partial charge in [-0.15, -0.1) is 45.3 Å². The molecule has 0 aliphatic rings. The molecule has 0 aliphatic carbocycles. The molecular weight excluding hydrogens is 721 g/mol. The fraction of sp³-hybridized carbons (Fsp3) is 0.250. The van der Waals surface area contributed by atoms with Crippen LogP contribution < -0.4 is 4.74 Å². The number of rotatable bonds is 16. The first-order valence-corrected chi connectivity index (χ1v) is 22.8. The number of aryl methyl sites for hydroxylation is 2. The summed E-state index contributed by atoms with van der Waals surface area (Å²) in [5.41, 5.74) is 7.88. The third kappa shape index (κ3) is 7.82. The average Bonchev–Trinajstić information content (AvgIpc) is 4.03. The van der Waals surface area contributed by atoms with E-state index in [0.717, 1.165) is 11.5 Å². The number of thiophene rings is 4. The molecule has 8 aromatic rings. The molecule has 4 aromatic heterocycles. The number of hydrogen-bond donors (Lipinski definition) is 0. The van der Waals surface area contributed by atoms with E-state index < -0.39 is 0 Å². The van der Waals surface area contributed by atoms with Crippen LogP contribution in [-0.2, 0) is 12.8 Å². The zero-order valence-electron chi connectivity index (χ0n) is 30.7. The zero-order valence-corrected chi connectivity index (χ0v) is 33.9. The quantitative estimate of drug-likeness (QED) is 0.0703. The molecule has 0 saturated heterocycles. The first kappa shape index (κ1) is 36.0. The maximum atomic E-state index is 7.21. The van der Waals surface area contributed by atoms with E-state index >= 15 is 0 Å². The van der Waals surface area contributed by atoms with Gasteiger partial charge >= 0.3 is 0 Å². The zero-order chi connectivity index (χ0) is 36.0. The van der Waals surface area contributed by atoms with E-state index in [0.29, 0.717) is 0 Å². The lowest BCUT2D eigenvalue weighted by Crippen LogP contribution is -1.90. The summed E-state index contributed by atoms with van der Waals surface area (Å²) in [6, 6.07) is 27.3. The first-order chi connectivity index (χ1) is 26.2. The van der Waals surface area contributed by atoms with Crippen LogP contribution in [0.25, 0.3) is 64.6 Å². The Bertz CT molecular complexity index is 2220. The normalized spacial score (nSPS) is 12.2. The third-order valence-electron chi connectivity index (χ3n) is 10.3. The van der Waals surface area contributed by atoms with Gasteiger partial charge in [0.2, 0.25) is 0 Å². The molecule has 0 saturated carbocycles. The fourth-order valence-corrected chi connectivity index (χ4v) is 11.0. The van der Waals surface area contributed by atoms with Crippen LogP contribution in [-0.4, -0.2) is 0 Å². The van der Waals surface area contributed by atoms with Crippen molar-refractivity contribution in [3.8, 4) is 11.5 Å². The lowest BCUT2D eigenvalue weighted by Gasteiger charge is -2.14. The minimum absolute atomic E-state index is 0.969. The molecule has 0 amide bonds. The van der Waals surface area contributed by atoms with Crippen molar-refractivity contribution in [2.45, 2.75) is 78.1 Å². The minimum Gasteiger partial charge on any atom is -0.453 e. The third-order valence-corrected chi connectivity index (χ3v) is 14.0. The van der Waals surface area contributed by atoms with Crippen molar-refractivity contribution in [2.75, 3.05) is 0 Å². The lowest BCUT2D eigenvalue weighted by molar-refractivity contribution is 0.507. The van der Waals surface area contributed by atoms with Crippen LogP contribution in [0.15, 0.2) is 94.3 Å². The molecule has 0 spiro atoms. The standard InChI is InChI=1S/C48H46OS4/c1-3-5-7-9-11-33-13-17-35(18-14-33)21-23-37-39-25-29-52-47(39)43(41-27-31-50-45(37)41)49-44-42-28-32-51-46(42)38(40-26-30-53-48(40)44)24-22-36-19-15-34(16-20-36)12-10-8-6-4-2/h13-32H,3-12H2,1-2H3. The number of benzene rings is 4. The summed E-state index contributed by atoms with van der Waals surface area (Å²) in [6.45, 7) is 4.54. The molecule has 0 aliphatic heterocycles. The van der Waals surface area contributed by atoms with Crippen molar-refractivity contribution in [1.82, 2.24) is 0 Å². The van der Waals surface area contributed by atoms with Gasteiger partial charge in [-0.3, -0.25) is 0 Å². The van der Waals surface area contributed by atoms with Gasteiger partial charge in [0.15, 0.2) is 11.5 Å². The maximum absolute atomic E-state index is 7.21. The van der Waals surface area contributed by atoms with Gasteiger partial charge in [0, 0.05) is 42.1 Å². The number of unbranched alkanes of at least 4 members (excludes halogenated alkanes) is 6. The molecule has 0 N–H and O–H groups in total. The summed E-state index contributed by atoms with van der Waals surface area (Å²) in [5.74, 6) is 1.94. The van der Waals surface area contributed by atoms with E-state index in [4.69, 9.17) is 4.74 Å². The monoisotopic (exact) mass is 766 g/mol. The SMILES string of the molecule is CCCCCCc1ccc(C=Cc2c3ccsc3c(Oc3c4ccsc4c(C=Cc4ccc(CCCCCC)cc4)c4ccsc34)c3ccsc23)cc1. The summed E-state index contributed by atoms with van der Waals surface area (Å²) in [5, 5.41) is 13.7. The van der Waals surface area contributed by atoms with Gasteiger partial charge in [0.1, 0.15) is 0 Å². The van der Waals surface area contributed by atoms with Crippen molar-refractivity contribution in [3.05, 3.63) is 128 Å². The van der Waals surface area contributed by atoms with Crippen LogP contribution in [0.2, 0.25) is 0 Å². The van der Waals surface area contributed by atoms with Gasteiger partial charge < -0.3 is 4.74 Å². The topological polar surface area (TPSA) is 9.23 Å². The Morgan fingerprint density at radius 3 is 1.23 bits per heavy atom. The Balaban J connectivity index is 1.09. The van der Waals surface area contributed by atoms with Crippen LogP contribution in [0.5, 0.6) is 11.5 Å². The van der Waals surface area contributed by atoms with Crippen LogP contribution >= 0.6 is 45.3 Å². The van der Waals surface area contributed by atoms with E-state index in [-0.39, 0.29) is 0 Å². The highest BCUT2D eigenvalue weighted by Gasteiger charge is 2.21. The molecule has 53 heavy (non-hydrogen) atoms. The molecule has 1 nitrogen and oxygen atoms in total. The predicted octanol–water partition coefficient (Wildman–Crippen LogP) is 16.9. The highest BCUT2D eigenvalue weighted by Crippen LogP contribution is 2.50. The Morgan fingerprint density at radius 2 is 0.811 bits per heavy atom. The summed E-state index contributed by atoms with van der Waals surface area (Å²) in [4.78, 5) is 0. The molecule has 8 rings (SSSR count). The van der Waals surface area contributed by atoms with Crippen molar-refractivity contribution in [2.24, 2.45) is 0 Å². The number of hydrogen-bond acceptors (Lipinski definition) is 5. The molecule has 4 heterocycles. The molecule has 0 unspecified atom stereocenters. The van der Waals surface area contributed by atoms with Crippen molar-refractivity contribution < 1.29 is 4.74 Å². The summed E-state index contributed by atoms with van der Waals surface area (Å²) < 4.78 is 12.1. The van der Waals surface area contributed by atoms with Crippen molar-refractivity contribution in [3.63, 3.8) is 0 Å². The largest absolute Gasteiger partial charge is 0.453 e. The van der Waals surface area contributed by atoms with E-state index in [2.05, 4.69) is 132 Å². The number of fused-ring (bicyclic) bond motifs is 4. The average molecular weight is 767 g/mol. The Hall–Kier alpha value is -4.00. The smallest absolute Gasteiger partial charge is 0.154 e. The van der Waals surface area contributed by atoms with E-state index in [1.807, 2.05) is 0 Å². The van der Waals surface area contributed by atoms with Crippen LogP contribution in [0.4, 0.5) is 0 Å². The van der Waals surface area contributed by atoms with Crippen LogP contribution in [0.3, 0.4) is 0 Å². The molecule has 4 aromatic carbocycles. The number of ether oxygens (including phenoxy) is 1. The first-order valence-electron chi connectivity index (χ1n) is 19.2. The van der Waals surface area contributed by atoms with Crippen molar-refractivity contribution in [1.29, 1.82) is 0 Å². The van der Waals surface area contributed by atoms with Crippen molar-refractivity contribution >= 4 is 110 Å². The predicted molar refractivity (Wildman–Crippen MR) is 241 cm³/mol. The molecule has 0 fully saturated rings. The van der Waals surface area contributed by atoms with Gasteiger partial charge in [-0.05, 0) is 93.7 Å². The summed E-state index contributed by atoms with van der Waals surface area (Å²) in [7, 11) is 0. The second kappa shape index (κ2) is 17.0. The Morgan fingerprint density at radius 1 is 0.415 bits per heavy atom. The van der Waals surface area contributed by atoms with E-state index in [9.17, 15) is 0 Å². The molecule has 5 heteroatoms. The van der Waals surface area contributed by atoms with Crippen LogP contribution in [0, 0.1) is 0 Å². The molecule has 0 bridgehead atoms. The molecule has 268 valence electrons. The second-order valence-corrected chi connectivity index (χ2v) is 17.7. The Labute approximate surface area is 329 Å². The van der Waals surface area contributed by atoms with Gasteiger partial charge in [-0.25, -0.2) is 0 Å². The summed E-state index contributed by atoms with van der Waals surface area (Å²) >= 11 is 7.14. The van der Waals surface area contributed by atoms with Gasteiger partial charge in [-0.2, -0.15) is 0 Å². The molecule has 0 atom stereocenters. The van der Waals surface area contributed by atoms with Crippen LogP contribution in [0.1, 0.15) is 98.6 Å².